The molecule has 5 heteroatoms. The van der Waals surface area contributed by atoms with Crippen LogP contribution in [-0.4, -0.2) is 18.0 Å². The molecule has 0 radical (unpaired) electrons. The van der Waals surface area contributed by atoms with Crippen molar-refractivity contribution >= 4 is 23.6 Å². The van der Waals surface area contributed by atoms with E-state index in [2.05, 4.69) is 5.32 Å². The van der Waals surface area contributed by atoms with Gasteiger partial charge in [-0.25, -0.2) is 9.18 Å². The maximum Gasteiger partial charge on any atom is 0.331 e. The zero-order valence-electron chi connectivity index (χ0n) is 14.5. The second kappa shape index (κ2) is 7.95. The number of ether oxygens (including phenoxy) is 1. The fourth-order valence-corrected chi connectivity index (χ4v) is 2.93. The standard InChI is InChI=1S/C21H20FNO3/c1-14(26-20(24)12-10-16-5-2-3-8-19(16)22)21(25)23-18-11-9-15-6-4-7-17(15)13-18/h2-3,5,8-14H,4,6-7H2,1H3,(H,23,25)/b12-10+/t14-/m1/s1. The molecule has 1 atom stereocenters. The molecule has 2 aromatic carbocycles. The van der Waals surface area contributed by atoms with E-state index in [1.807, 2.05) is 18.2 Å². The summed E-state index contributed by atoms with van der Waals surface area (Å²) in [7, 11) is 0. The molecule has 0 bridgehead atoms. The molecule has 3 rings (SSSR count). The molecule has 1 N–H and O–H groups in total. The Hall–Kier alpha value is -2.95. The number of hydrogen-bond acceptors (Lipinski definition) is 3. The molecule has 1 aliphatic carbocycles. The summed E-state index contributed by atoms with van der Waals surface area (Å²) in [6.07, 6.45) is 4.70. The van der Waals surface area contributed by atoms with Crippen LogP contribution in [0, 0.1) is 5.82 Å². The van der Waals surface area contributed by atoms with E-state index in [-0.39, 0.29) is 5.56 Å². The first kappa shape index (κ1) is 17.9. The number of anilines is 1. The number of amides is 1. The summed E-state index contributed by atoms with van der Waals surface area (Å²) in [5.41, 5.74) is 3.54. The van der Waals surface area contributed by atoms with Crippen molar-refractivity contribution in [1.82, 2.24) is 0 Å². The molecular weight excluding hydrogens is 333 g/mol. The van der Waals surface area contributed by atoms with Gasteiger partial charge in [0.15, 0.2) is 6.10 Å². The second-order valence-electron chi connectivity index (χ2n) is 6.26. The van der Waals surface area contributed by atoms with Gasteiger partial charge in [-0.2, -0.15) is 0 Å². The number of carbonyl (C=O) groups excluding carboxylic acids is 2. The molecule has 134 valence electrons. The quantitative estimate of drug-likeness (QED) is 0.655. The Morgan fingerprint density at radius 1 is 1.15 bits per heavy atom. The van der Waals surface area contributed by atoms with E-state index in [1.54, 1.807) is 18.2 Å². The smallest absolute Gasteiger partial charge is 0.331 e. The number of nitrogens with one attached hydrogen (secondary N) is 1. The summed E-state index contributed by atoms with van der Waals surface area (Å²) in [5.74, 6) is -1.54. The van der Waals surface area contributed by atoms with Crippen molar-refractivity contribution in [2.75, 3.05) is 5.32 Å². The molecule has 0 saturated carbocycles. The van der Waals surface area contributed by atoms with Gasteiger partial charge in [-0.05, 0) is 61.6 Å². The van der Waals surface area contributed by atoms with Crippen LogP contribution in [0.4, 0.5) is 10.1 Å². The van der Waals surface area contributed by atoms with Crippen LogP contribution in [0.15, 0.2) is 48.5 Å². The van der Waals surface area contributed by atoms with Crippen LogP contribution in [0.5, 0.6) is 0 Å². The normalized spacial score (nSPS) is 14.1. The minimum atomic E-state index is -0.957. The average Bonchev–Trinajstić information content (AvgIpc) is 3.08. The number of benzene rings is 2. The minimum Gasteiger partial charge on any atom is -0.449 e. The van der Waals surface area contributed by atoms with E-state index < -0.39 is 23.8 Å². The fraction of sp³-hybridized carbons (Fsp3) is 0.238. The highest BCUT2D eigenvalue weighted by Crippen LogP contribution is 2.25. The third-order valence-corrected chi connectivity index (χ3v) is 4.33. The van der Waals surface area contributed by atoms with Crippen LogP contribution in [0.1, 0.15) is 30.0 Å². The Morgan fingerprint density at radius 2 is 1.92 bits per heavy atom. The van der Waals surface area contributed by atoms with Crippen molar-refractivity contribution in [3.8, 4) is 0 Å². The number of aryl methyl sites for hydroxylation is 2. The van der Waals surface area contributed by atoms with Crippen molar-refractivity contribution in [3.05, 3.63) is 71.0 Å². The van der Waals surface area contributed by atoms with E-state index in [0.29, 0.717) is 5.69 Å². The molecule has 4 nitrogen and oxygen atoms in total. The molecule has 0 aliphatic heterocycles. The molecule has 0 saturated heterocycles. The summed E-state index contributed by atoms with van der Waals surface area (Å²) in [4.78, 5) is 24.0. The van der Waals surface area contributed by atoms with Gasteiger partial charge >= 0.3 is 5.97 Å². The van der Waals surface area contributed by atoms with Gasteiger partial charge in [0.25, 0.3) is 5.91 Å². The van der Waals surface area contributed by atoms with Crippen LogP contribution in [0.2, 0.25) is 0 Å². The van der Waals surface area contributed by atoms with Crippen LogP contribution in [-0.2, 0) is 27.2 Å². The molecule has 0 heterocycles. The Balaban J connectivity index is 1.55. The predicted octanol–water partition coefficient (Wildman–Crippen LogP) is 3.90. The molecule has 0 unspecified atom stereocenters. The van der Waals surface area contributed by atoms with Crippen LogP contribution in [0.3, 0.4) is 0 Å². The van der Waals surface area contributed by atoms with Gasteiger partial charge in [0.1, 0.15) is 5.82 Å². The van der Waals surface area contributed by atoms with Crippen molar-refractivity contribution in [2.45, 2.75) is 32.3 Å². The highest BCUT2D eigenvalue weighted by molar-refractivity contribution is 5.96. The second-order valence-corrected chi connectivity index (χ2v) is 6.26. The Kier molecular flexibility index (Phi) is 5.46. The maximum absolute atomic E-state index is 13.5. The maximum atomic E-state index is 13.5. The number of carbonyl (C=O) groups is 2. The molecule has 1 amide bonds. The van der Waals surface area contributed by atoms with Gasteiger partial charge < -0.3 is 10.1 Å². The Labute approximate surface area is 151 Å². The van der Waals surface area contributed by atoms with Crippen molar-refractivity contribution < 1.29 is 18.7 Å². The molecule has 2 aromatic rings. The van der Waals surface area contributed by atoms with Crippen LogP contribution < -0.4 is 5.32 Å². The molecule has 26 heavy (non-hydrogen) atoms. The number of rotatable bonds is 5. The first-order valence-electron chi connectivity index (χ1n) is 8.59. The van der Waals surface area contributed by atoms with Gasteiger partial charge in [0.2, 0.25) is 0 Å². The van der Waals surface area contributed by atoms with Gasteiger partial charge in [-0.1, -0.05) is 24.3 Å². The third-order valence-electron chi connectivity index (χ3n) is 4.33. The van der Waals surface area contributed by atoms with Crippen molar-refractivity contribution in [3.63, 3.8) is 0 Å². The molecule has 1 aliphatic rings. The van der Waals surface area contributed by atoms with Crippen molar-refractivity contribution in [1.29, 1.82) is 0 Å². The topological polar surface area (TPSA) is 55.4 Å². The van der Waals surface area contributed by atoms with Gasteiger partial charge in [0, 0.05) is 17.3 Å². The number of hydrogen-bond donors (Lipinski definition) is 1. The lowest BCUT2D eigenvalue weighted by atomic mass is 10.1. The van der Waals surface area contributed by atoms with Crippen molar-refractivity contribution in [2.24, 2.45) is 0 Å². The lowest BCUT2D eigenvalue weighted by Crippen LogP contribution is -2.29. The number of halogens is 1. The largest absolute Gasteiger partial charge is 0.449 e. The molecule has 0 aromatic heterocycles. The van der Waals surface area contributed by atoms with Gasteiger partial charge in [-0.15, -0.1) is 0 Å². The molecule has 0 spiro atoms. The van der Waals surface area contributed by atoms with Crippen LogP contribution >= 0.6 is 0 Å². The monoisotopic (exact) mass is 353 g/mol. The van der Waals surface area contributed by atoms with Crippen LogP contribution in [0.25, 0.3) is 6.08 Å². The fourth-order valence-electron chi connectivity index (χ4n) is 2.93. The number of fused-ring (bicyclic) bond motifs is 1. The van der Waals surface area contributed by atoms with Gasteiger partial charge in [0.05, 0.1) is 0 Å². The molecular formula is C21H20FNO3. The summed E-state index contributed by atoms with van der Waals surface area (Å²) in [5, 5.41) is 2.76. The number of esters is 1. The van der Waals surface area contributed by atoms with E-state index in [1.165, 1.54) is 30.2 Å². The zero-order chi connectivity index (χ0) is 18.5. The highest BCUT2D eigenvalue weighted by atomic mass is 19.1. The summed E-state index contributed by atoms with van der Waals surface area (Å²) in [6, 6.07) is 11.9. The molecule has 0 fully saturated rings. The summed E-state index contributed by atoms with van der Waals surface area (Å²) in [6.45, 7) is 1.50. The zero-order valence-corrected chi connectivity index (χ0v) is 14.5. The Bertz CT molecular complexity index is 860. The van der Waals surface area contributed by atoms with Gasteiger partial charge in [-0.3, -0.25) is 4.79 Å². The first-order valence-corrected chi connectivity index (χ1v) is 8.59. The lowest BCUT2D eigenvalue weighted by molar-refractivity contribution is -0.148. The summed E-state index contributed by atoms with van der Waals surface area (Å²) >= 11 is 0. The first-order chi connectivity index (χ1) is 12.5. The lowest BCUT2D eigenvalue weighted by Gasteiger charge is -2.13. The van der Waals surface area contributed by atoms with E-state index in [0.717, 1.165) is 25.3 Å². The highest BCUT2D eigenvalue weighted by Gasteiger charge is 2.18. The third kappa shape index (κ3) is 4.36. The average molecular weight is 353 g/mol. The Morgan fingerprint density at radius 3 is 2.73 bits per heavy atom. The van der Waals surface area contributed by atoms with E-state index >= 15 is 0 Å². The minimum absolute atomic E-state index is 0.277. The SMILES string of the molecule is C[C@@H](OC(=O)/C=C/c1ccccc1F)C(=O)Nc1ccc2c(c1)CCC2. The van der Waals surface area contributed by atoms with E-state index in [9.17, 15) is 14.0 Å². The predicted molar refractivity (Wildman–Crippen MR) is 98.1 cm³/mol. The van der Waals surface area contributed by atoms with E-state index in [4.69, 9.17) is 4.74 Å². The summed E-state index contributed by atoms with van der Waals surface area (Å²) < 4.78 is 18.6.